The molecule has 1 aliphatic heterocycles. The summed E-state index contributed by atoms with van der Waals surface area (Å²) in [6, 6.07) is 15.8. The van der Waals surface area contributed by atoms with E-state index in [0.29, 0.717) is 24.7 Å². The van der Waals surface area contributed by atoms with Gasteiger partial charge in [0.2, 0.25) is 5.91 Å². The molecular weight excluding hydrogens is 364 g/mol. The van der Waals surface area contributed by atoms with Crippen LogP contribution in [0.5, 0.6) is 11.5 Å². The van der Waals surface area contributed by atoms with Crippen molar-refractivity contribution in [2.75, 3.05) is 20.2 Å². The lowest BCUT2D eigenvalue weighted by Crippen LogP contribution is -2.40. The molecule has 1 unspecified atom stereocenters. The van der Waals surface area contributed by atoms with Crippen molar-refractivity contribution in [3.05, 3.63) is 59.7 Å². The van der Waals surface area contributed by atoms with Crippen molar-refractivity contribution in [3.63, 3.8) is 0 Å². The van der Waals surface area contributed by atoms with Gasteiger partial charge in [-0.1, -0.05) is 36.4 Å². The Labute approximate surface area is 166 Å². The second kappa shape index (κ2) is 10.8. The zero-order valence-corrected chi connectivity index (χ0v) is 16.4. The van der Waals surface area contributed by atoms with Crippen molar-refractivity contribution in [1.29, 1.82) is 0 Å². The number of amides is 1. The third-order valence-electron chi connectivity index (χ3n) is 4.60. The van der Waals surface area contributed by atoms with Gasteiger partial charge in [-0.25, -0.2) is 0 Å². The molecule has 1 heterocycles. The van der Waals surface area contributed by atoms with Gasteiger partial charge in [-0.3, -0.25) is 4.79 Å². The van der Waals surface area contributed by atoms with Crippen molar-refractivity contribution >= 4 is 18.3 Å². The third kappa shape index (κ3) is 6.15. The SMILES string of the molecule is COc1cc(CNC(=O)C2CCCNC2)ccc1OCc1ccccc1.Cl. The number of nitrogens with one attached hydrogen (secondary N) is 2. The molecule has 0 bridgehead atoms. The number of ether oxygens (including phenoxy) is 2. The first-order valence-electron chi connectivity index (χ1n) is 9.08. The van der Waals surface area contributed by atoms with Crippen molar-refractivity contribution in [2.24, 2.45) is 5.92 Å². The molecule has 5 nitrogen and oxygen atoms in total. The summed E-state index contributed by atoms with van der Waals surface area (Å²) in [5.41, 5.74) is 2.10. The van der Waals surface area contributed by atoms with Gasteiger partial charge in [0.15, 0.2) is 11.5 Å². The Balaban J connectivity index is 0.00000261. The highest BCUT2D eigenvalue weighted by Gasteiger charge is 2.20. The lowest BCUT2D eigenvalue weighted by Gasteiger charge is -2.22. The zero-order chi connectivity index (χ0) is 18.2. The van der Waals surface area contributed by atoms with Crippen LogP contribution in [-0.2, 0) is 17.9 Å². The molecule has 0 spiro atoms. The summed E-state index contributed by atoms with van der Waals surface area (Å²) < 4.78 is 11.3. The molecule has 1 fully saturated rings. The molecule has 2 aromatic rings. The van der Waals surface area contributed by atoms with Gasteiger partial charge in [0.05, 0.1) is 13.0 Å². The molecule has 146 valence electrons. The molecule has 27 heavy (non-hydrogen) atoms. The Kier molecular flexibility index (Phi) is 8.43. The molecule has 1 atom stereocenters. The van der Waals surface area contributed by atoms with E-state index in [4.69, 9.17) is 9.47 Å². The van der Waals surface area contributed by atoms with Crippen LogP contribution in [0.4, 0.5) is 0 Å². The van der Waals surface area contributed by atoms with E-state index in [1.807, 2.05) is 48.5 Å². The molecule has 6 heteroatoms. The molecule has 1 aliphatic rings. The highest BCUT2D eigenvalue weighted by atomic mass is 35.5. The van der Waals surface area contributed by atoms with E-state index in [1.54, 1.807) is 7.11 Å². The van der Waals surface area contributed by atoms with E-state index in [1.165, 1.54) is 0 Å². The van der Waals surface area contributed by atoms with Gasteiger partial charge in [-0.2, -0.15) is 0 Å². The van der Waals surface area contributed by atoms with Crippen LogP contribution in [-0.4, -0.2) is 26.1 Å². The lowest BCUT2D eigenvalue weighted by atomic mass is 9.99. The number of methoxy groups -OCH3 is 1. The highest BCUT2D eigenvalue weighted by Crippen LogP contribution is 2.29. The van der Waals surface area contributed by atoms with Crippen molar-refractivity contribution in [3.8, 4) is 11.5 Å². The number of carbonyl (C=O) groups excluding carboxylic acids is 1. The van der Waals surface area contributed by atoms with Crippen LogP contribution in [0.1, 0.15) is 24.0 Å². The molecule has 0 saturated carbocycles. The van der Waals surface area contributed by atoms with Gasteiger partial charge in [-0.05, 0) is 42.6 Å². The smallest absolute Gasteiger partial charge is 0.224 e. The van der Waals surface area contributed by atoms with E-state index in [0.717, 1.165) is 37.1 Å². The molecule has 2 aromatic carbocycles. The Hall–Kier alpha value is -2.24. The minimum absolute atomic E-state index is 0. The second-order valence-corrected chi connectivity index (χ2v) is 6.52. The molecule has 0 aliphatic carbocycles. The molecule has 0 aromatic heterocycles. The van der Waals surface area contributed by atoms with Gasteiger partial charge < -0.3 is 20.1 Å². The first kappa shape index (κ1) is 21.1. The second-order valence-electron chi connectivity index (χ2n) is 6.52. The Morgan fingerprint density at radius 3 is 2.67 bits per heavy atom. The quantitative estimate of drug-likeness (QED) is 0.761. The summed E-state index contributed by atoms with van der Waals surface area (Å²) >= 11 is 0. The summed E-state index contributed by atoms with van der Waals surface area (Å²) in [6.07, 6.45) is 2.01. The molecule has 1 saturated heterocycles. The van der Waals surface area contributed by atoms with Crippen LogP contribution in [0.15, 0.2) is 48.5 Å². The fourth-order valence-corrected chi connectivity index (χ4v) is 3.09. The zero-order valence-electron chi connectivity index (χ0n) is 15.6. The summed E-state index contributed by atoms with van der Waals surface area (Å²) in [6.45, 7) is 2.75. The maximum absolute atomic E-state index is 12.2. The number of hydrogen-bond donors (Lipinski definition) is 2. The van der Waals surface area contributed by atoms with Gasteiger partial charge in [0, 0.05) is 13.1 Å². The molecule has 1 amide bonds. The van der Waals surface area contributed by atoms with E-state index in [9.17, 15) is 4.79 Å². The van der Waals surface area contributed by atoms with Gasteiger partial charge in [-0.15, -0.1) is 12.4 Å². The minimum Gasteiger partial charge on any atom is -0.493 e. The van der Waals surface area contributed by atoms with E-state index in [2.05, 4.69) is 10.6 Å². The standard InChI is InChI=1S/C21H26N2O3.ClH/c1-25-20-12-17(13-23-21(24)18-8-5-11-22-14-18)9-10-19(20)26-15-16-6-3-2-4-7-16;/h2-4,6-7,9-10,12,18,22H,5,8,11,13-15H2,1H3,(H,23,24);1H. The van der Waals surface area contributed by atoms with Crippen LogP contribution >= 0.6 is 12.4 Å². The summed E-state index contributed by atoms with van der Waals surface area (Å²) in [5, 5.41) is 6.29. The van der Waals surface area contributed by atoms with E-state index >= 15 is 0 Å². The minimum atomic E-state index is 0. The van der Waals surface area contributed by atoms with Crippen LogP contribution in [0.3, 0.4) is 0 Å². The monoisotopic (exact) mass is 390 g/mol. The number of benzene rings is 2. The average molecular weight is 391 g/mol. The average Bonchev–Trinajstić information content (AvgIpc) is 2.72. The number of halogens is 1. The molecule has 3 rings (SSSR count). The fourth-order valence-electron chi connectivity index (χ4n) is 3.09. The first-order chi connectivity index (χ1) is 12.8. The summed E-state index contributed by atoms with van der Waals surface area (Å²) in [4.78, 5) is 12.2. The molecular formula is C21H27ClN2O3. The largest absolute Gasteiger partial charge is 0.493 e. The Bertz CT molecular complexity index is 719. The fraction of sp³-hybridized carbons (Fsp3) is 0.381. The van der Waals surface area contributed by atoms with Gasteiger partial charge >= 0.3 is 0 Å². The normalized spacial score (nSPS) is 16.1. The predicted octanol–water partition coefficient (Wildman–Crippen LogP) is 3.31. The van der Waals surface area contributed by atoms with Crippen LogP contribution in [0.25, 0.3) is 0 Å². The van der Waals surface area contributed by atoms with Gasteiger partial charge in [0.25, 0.3) is 0 Å². The lowest BCUT2D eigenvalue weighted by molar-refractivity contribution is -0.125. The number of hydrogen-bond acceptors (Lipinski definition) is 4. The maximum Gasteiger partial charge on any atom is 0.224 e. The topological polar surface area (TPSA) is 59.6 Å². The summed E-state index contributed by atoms with van der Waals surface area (Å²) in [7, 11) is 1.63. The number of carbonyl (C=O) groups is 1. The first-order valence-corrected chi connectivity index (χ1v) is 9.08. The Morgan fingerprint density at radius 1 is 1.15 bits per heavy atom. The summed E-state index contributed by atoms with van der Waals surface area (Å²) in [5.74, 6) is 1.55. The van der Waals surface area contributed by atoms with Crippen molar-refractivity contribution in [1.82, 2.24) is 10.6 Å². The van der Waals surface area contributed by atoms with Crippen molar-refractivity contribution in [2.45, 2.75) is 26.0 Å². The van der Waals surface area contributed by atoms with Gasteiger partial charge in [0.1, 0.15) is 6.61 Å². The van der Waals surface area contributed by atoms with Crippen LogP contribution in [0, 0.1) is 5.92 Å². The number of piperidine rings is 1. The Morgan fingerprint density at radius 2 is 1.96 bits per heavy atom. The molecule has 0 radical (unpaired) electrons. The predicted molar refractivity (Wildman–Crippen MR) is 108 cm³/mol. The number of rotatable bonds is 7. The highest BCUT2D eigenvalue weighted by molar-refractivity contribution is 5.85. The maximum atomic E-state index is 12.2. The van der Waals surface area contributed by atoms with E-state index < -0.39 is 0 Å². The van der Waals surface area contributed by atoms with Crippen molar-refractivity contribution < 1.29 is 14.3 Å². The van der Waals surface area contributed by atoms with Crippen LogP contribution < -0.4 is 20.1 Å². The molecule has 2 N–H and O–H groups in total. The van der Waals surface area contributed by atoms with E-state index in [-0.39, 0.29) is 24.2 Å². The third-order valence-corrected chi connectivity index (χ3v) is 4.60. The van der Waals surface area contributed by atoms with Crippen LogP contribution in [0.2, 0.25) is 0 Å².